The first-order valence-electron chi connectivity index (χ1n) is 6.33. The van der Waals surface area contributed by atoms with Crippen molar-refractivity contribution in [2.75, 3.05) is 0 Å². The maximum absolute atomic E-state index is 13.8. The van der Waals surface area contributed by atoms with Crippen molar-refractivity contribution in [3.63, 3.8) is 0 Å². The fraction of sp³-hybridized carbons (Fsp3) is 0.316. The molecule has 0 saturated heterocycles. The first-order chi connectivity index (χ1) is 11.4. The third kappa shape index (κ3) is 5.01. The first-order valence-corrected chi connectivity index (χ1v) is 6.33. The van der Waals surface area contributed by atoms with Crippen LogP contribution >= 0.6 is 0 Å². The minimum Gasteiger partial charge on any atom is -0.203 e. The van der Waals surface area contributed by atoms with Crippen molar-refractivity contribution in [2.24, 2.45) is 5.10 Å². The number of hydrogen-bond donors (Lipinski definition) is 0. The van der Waals surface area contributed by atoms with E-state index in [4.69, 9.17) is 11.8 Å². The molecule has 0 amide bonds. The summed E-state index contributed by atoms with van der Waals surface area (Å²) in [6.07, 6.45) is 0.294. The van der Waals surface area contributed by atoms with E-state index in [0.717, 1.165) is 0 Å². The van der Waals surface area contributed by atoms with Gasteiger partial charge in [0.25, 0.3) is 0 Å². The molecule has 0 aromatic heterocycles. The molecular weight excluding hydrogens is 384 g/mol. The molecule has 0 saturated carbocycles. The van der Waals surface area contributed by atoms with Crippen LogP contribution in [0.4, 0.5) is 26.3 Å². The Kier molecular flexibility index (Phi) is 15.3. The van der Waals surface area contributed by atoms with Gasteiger partial charge in [0.1, 0.15) is 0 Å². The summed E-state index contributed by atoms with van der Waals surface area (Å²) in [5.41, 5.74) is -4.94. The molecule has 0 N–H and O–H groups in total. The Bertz CT molecular complexity index is 800. The van der Waals surface area contributed by atoms with Crippen LogP contribution in [0.3, 0.4) is 0 Å². The lowest BCUT2D eigenvalue weighted by molar-refractivity contribution is 0.406. The van der Waals surface area contributed by atoms with Gasteiger partial charge in [0.05, 0.1) is 16.7 Å². The maximum Gasteiger partial charge on any atom is 0.198 e. The smallest absolute Gasteiger partial charge is 0.198 e. The van der Waals surface area contributed by atoms with Gasteiger partial charge in [-0.3, -0.25) is 0 Å². The molecule has 156 valence electrons. The standard InChI is InChI=1S/C13HF6N3.C2H6.4CH4/c1-21-22-13-6-5(4(2-3-20)7(14)12(13)19)8(15)10(17)11(18)9(6)16;1-2;;;;/h2H;1-2H3;4*1H4/b4-2-,22-13+;;;;;. The minimum absolute atomic E-state index is 0. The number of fused-ring (bicyclic) bond motifs is 1. The quantitative estimate of drug-likeness (QED) is 0.110. The molecule has 2 rings (SSSR count). The van der Waals surface area contributed by atoms with Gasteiger partial charge in [-0.25, -0.2) is 26.3 Å². The summed E-state index contributed by atoms with van der Waals surface area (Å²) < 4.78 is 81.9. The van der Waals surface area contributed by atoms with E-state index in [9.17, 15) is 26.3 Å². The van der Waals surface area contributed by atoms with Crippen LogP contribution in [0.1, 0.15) is 54.7 Å². The summed E-state index contributed by atoms with van der Waals surface area (Å²) in [7, 11) is 0. The molecule has 0 radical (unpaired) electrons. The summed E-state index contributed by atoms with van der Waals surface area (Å²) in [5.74, 6) is -12.4. The number of nitriles is 1. The number of benzene rings is 1. The zero-order valence-electron chi connectivity index (χ0n) is 12.2. The lowest BCUT2D eigenvalue weighted by Gasteiger charge is -2.18. The fourth-order valence-electron chi connectivity index (χ4n) is 1.89. The van der Waals surface area contributed by atoms with Crippen LogP contribution in [0.15, 0.2) is 22.8 Å². The van der Waals surface area contributed by atoms with Gasteiger partial charge in [0.2, 0.25) is 0 Å². The summed E-state index contributed by atoms with van der Waals surface area (Å²) in [4.78, 5) is 2.34. The van der Waals surface area contributed by atoms with Gasteiger partial charge in [-0.15, -0.1) is 4.95 Å². The van der Waals surface area contributed by atoms with Crippen LogP contribution in [0.5, 0.6) is 0 Å². The first kappa shape index (κ1) is 32.6. The molecule has 0 heterocycles. The van der Waals surface area contributed by atoms with Crippen molar-refractivity contribution in [3.8, 4) is 6.07 Å². The topological polar surface area (TPSA) is 40.5 Å². The van der Waals surface area contributed by atoms with Gasteiger partial charge in [-0.2, -0.15) is 11.8 Å². The Morgan fingerprint density at radius 3 is 1.64 bits per heavy atom. The number of nitrogens with zero attached hydrogens (tertiary/aromatic N) is 3. The van der Waals surface area contributed by atoms with Crippen LogP contribution in [0, 0.1) is 41.2 Å². The number of rotatable bonds is 0. The summed E-state index contributed by atoms with van der Waals surface area (Å²) >= 11 is 0. The van der Waals surface area contributed by atoms with Crippen LogP contribution in [-0.2, 0) is 0 Å². The van der Waals surface area contributed by atoms with E-state index in [1.54, 1.807) is 0 Å². The molecule has 0 atom stereocenters. The highest BCUT2D eigenvalue weighted by Crippen LogP contribution is 2.41. The third-order valence-corrected chi connectivity index (χ3v) is 2.77. The molecule has 0 aliphatic heterocycles. The van der Waals surface area contributed by atoms with Gasteiger partial charge in [0.15, 0.2) is 40.6 Å². The molecule has 0 fully saturated rings. The summed E-state index contributed by atoms with van der Waals surface area (Å²) in [6.45, 7) is 10.5. The molecule has 9 heteroatoms. The van der Waals surface area contributed by atoms with Gasteiger partial charge in [-0.1, -0.05) is 43.6 Å². The second-order valence-electron chi connectivity index (χ2n) is 3.87. The number of allylic oxidation sites excluding steroid dienone is 4. The van der Waals surface area contributed by atoms with E-state index >= 15 is 0 Å². The van der Waals surface area contributed by atoms with Crippen molar-refractivity contribution in [1.82, 2.24) is 0 Å². The SMILES string of the molecule is C.C.C.C.CC.[C-]#[N+]/N=C1C(F)=C(F)/C(=C\C#N)c2c(F)c(F)c(F)c(F)c2/1. The molecule has 1 aromatic carbocycles. The molecule has 0 bridgehead atoms. The highest BCUT2D eigenvalue weighted by Gasteiger charge is 2.39. The highest BCUT2D eigenvalue weighted by atomic mass is 19.2. The molecule has 3 nitrogen and oxygen atoms in total. The third-order valence-electron chi connectivity index (χ3n) is 2.77. The van der Waals surface area contributed by atoms with E-state index in [0.29, 0.717) is 6.08 Å². The predicted octanol–water partition coefficient (Wildman–Crippen LogP) is 7.51. The van der Waals surface area contributed by atoms with Gasteiger partial charge >= 0.3 is 0 Å². The van der Waals surface area contributed by atoms with Crippen molar-refractivity contribution in [3.05, 3.63) is 63.7 Å². The van der Waals surface area contributed by atoms with Gasteiger partial charge in [-0.05, 0) is 0 Å². The molecule has 28 heavy (non-hydrogen) atoms. The lowest BCUT2D eigenvalue weighted by atomic mass is 9.88. The molecule has 1 aromatic rings. The van der Waals surface area contributed by atoms with Crippen LogP contribution in [-0.4, -0.2) is 5.71 Å². The molecule has 0 unspecified atom stereocenters. The largest absolute Gasteiger partial charge is 0.203 e. The second kappa shape index (κ2) is 13.2. The summed E-state index contributed by atoms with van der Waals surface area (Å²) in [6, 6.07) is 1.25. The van der Waals surface area contributed by atoms with Crippen LogP contribution < -0.4 is 0 Å². The van der Waals surface area contributed by atoms with Gasteiger partial charge in [0, 0.05) is 17.2 Å². The lowest BCUT2D eigenvalue weighted by Crippen LogP contribution is -2.19. The molecular formula is C19H23F6N3. The number of hydrogen-bond acceptors (Lipinski definition) is 2. The number of halogens is 6. The van der Waals surface area contributed by atoms with Crippen LogP contribution in [0.2, 0.25) is 0 Å². The average Bonchev–Trinajstić information content (AvgIpc) is 2.59. The highest BCUT2D eigenvalue weighted by molar-refractivity contribution is 6.19. The fourth-order valence-corrected chi connectivity index (χ4v) is 1.89. The van der Waals surface area contributed by atoms with E-state index in [-0.39, 0.29) is 29.7 Å². The van der Waals surface area contributed by atoms with E-state index in [2.05, 4.69) is 10.1 Å². The monoisotopic (exact) mass is 407 g/mol. The molecule has 0 spiro atoms. The Hall–Kier alpha value is -3.07. The second-order valence-corrected chi connectivity index (χ2v) is 3.87. The van der Waals surface area contributed by atoms with Crippen molar-refractivity contribution < 1.29 is 26.3 Å². The van der Waals surface area contributed by atoms with Crippen molar-refractivity contribution in [1.29, 1.82) is 5.26 Å². The van der Waals surface area contributed by atoms with E-state index in [1.807, 2.05) is 13.8 Å². The van der Waals surface area contributed by atoms with Gasteiger partial charge < -0.3 is 0 Å². The average molecular weight is 407 g/mol. The Morgan fingerprint density at radius 1 is 0.821 bits per heavy atom. The van der Waals surface area contributed by atoms with Crippen LogP contribution in [0.25, 0.3) is 10.5 Å². The predicted molar refractivity (Wildman–Crippen MR) is 101 cm³/mol. The van der Waals surface area contributed by atoms with E-state index < -0.39 is 57.3 Å². The summed E-state index contributed by atoms with van der Waals surface area (Å²) in [5, 5.41) is 11.3. The molecule has 1 aliphatic rings. The van der Waals surface area contributed by atoms with Crippen molar-refractivity contribution >= 4 is 11.3 Å². The van der Waals surface area contributed by atoms with E-state index in [1.165, 1.54) is 6.07 Å². The Morgan fingerprint density at radius 2 is 1.25 bits per heavy atom. The zero-order chi connectivity index (χ0) is 18.6. The Labute approximate surface area is 162 Å². The zero-order valence-corrected chi connectivity index (χ0v) is 12.2. The normalized spacial score (nSPS) is 13.9. The Balaban J connectivity index is -0.000000465. The minimum atomic E-state index is -2.28. The van der Waals surface area contributed by atoms with Crippen molar-refractivity contribution in [2.45, 2.75) is 43.6 Å². The molecule has 1 aliphatic carbocycles. The maximum atomic E-state index is 13.8.